The topological polar surface area (TPSA) is 78.7 Å². The molecule has 1 rings (SSSR count). The molecule has 0 bridgehead atoms. The monoisotopic (exact) mass is 148 g/mol. The summed E-state index contributed by atoms with van der Waals surface area (Å²) in [6, 6.07) is 2.97. The molecule has 1 aromatic heterocycles. The molecule has 0 aromatic carbocycles. The summed E-state index contributed by atoms with van der Waals surface area (Å²) in [7, 11) is 0. The highest BCUT2D eigenvalue weighted by molar-refractivity contribution is 5.94. The second kappa shape index (κ2) is 3.34. The second-order valence-corrected chi connectivity index (χ2v) is 1.73. The maximum Gasteiger partial charge on any atom is 0.249 e. The summed E-state index contributed by atoms with van der Waals surface area (Å²) < 4.78 is 0. The van der Waals surface area contributed by atoms with Crippen molar-refractivity contribution in [1.82, 2.24) is 4.98 Å². The summed E-state index contributed by atoms with van der Waals surface area (Å²) in [5.41, 5.74) is 8.27. The van der Waals surface area contributed by atoms with E-state index in [1.807, 2.05) is 0 Å². The highest BCUT2D eigenvalue weighted by Gasteiger charge is 1.99. The predicted octanol–water partition coefficient (Wildman–Crippen LogP) is 1.53. The van der Waals surface area contributed by atoms with E-state index in [2.05, 4.69) is 15.0 Å². The van der Waals surface area contributed by atoms with Gasteiger partial charge in [-0.1, -0.05) is 0 Å². The van der Waals surface area contributed by atoms with Crippen molar-refractivity contribution >= 4 is 5.91 Å². The lowest BCUT2D eigenvalue weighted by Gasteiger charge is -1.89. The first kappa shape index (κ1) is 7.24. The predicted molar refractivity (Wildman–Crippen MR) is 37.7 cm³/mol. The molecular formula is C6H4N4O. The van der Waals surface area contributed by atoms with Gasteiger partial charge in [-0.3, -0.25) is 9.78 Å². The number of amides is 1. The number of rotatable bonds is 1. The molecule has 1 aromatic rings. The van der Waals surface area contributed by atoms with E-state index < -0.39 is 5.91 Å². The standard InChI is InChI=1S/C6H4N4O/c7-10-9-6(11)5-1-3-8-4-2-5/h1-4H. The number of pyridine rings is 1. The Kier molecular flexibility index (Phi) is 2.20. The molecule has 0 N–H and O–H groups in total. The fourth-order valence-electron chi connectivity index (χ4n) is 0.593. The molecule has 1 heterocycles. The smallest absolute Gasteiger partial charge is 0.249 e. The highest BCUT2D eigenvalue weighted by atomic mass is 16.1. The lowest BCUT2D eigenvalue weighted by molar-refractivity contribution is 0.100. The van der Waals surface area contributed by atoms with Crippen molar-refractivity contribution in [3.63, 3.8) is 0 Å². The molecule has 0 atom stereocenters. The maximum absolute atomic E-state index is 10.8. The van der Waals surface area contributed by atoms with Gasteiger partial charge in [-0.15, -0.1) is 0 Å². The highest BCUT2D eigenvalue weighted by Crippen LogP contribution is 1.98. The van der Waals surface area contributed by atoms with Crippen LogP contribution in [0.25, 0.3) is 10.4 Å². The van der Waals surface area contributed by atoms with E-state index in [-0.39, 0.29) is 0 Å². The van der Waals surface area contributed by atoms with Crippen molar-refractivity contribution in [3.8, 4) is 0 Å². The van der Waals surface area contributed by atoms with Gasteiger partial charge in [0.05, 0.1) is 0 Å². The van der Waals surface area contributed by atoms with Gasteiger partial charge in [-0.2, -0.15) is 0 Å². The van der Waals surface area contributed by atoms with Crippen LogP contribution >= 0.6 is 0 Å². The van der Waals surface area contributed by atoms with Gasteiger partial charge < -0.3 is 0 Å². The molecule has 0 aliphatic rings. The fraction of sp³-hybridized carbons (Fsp3) is 0. The Bertz CT molecular complexity index is 302. The molecule has 0 aliphatic heterocycles. The van der Waals surface area contributed by atoms with Crippen molar-refractivity contribution in [2.24, 2.45) is 5.11 Å². The number of aromatic nitrogens is 1. The van der Waals surface area contributed by atoms with Crippen LogP contribution in [0.5, 0.6) is 0 Å². The van der Waals surface area contributed by atoms with Crippen LogP contribution in [0.2, 0.25) is 0 Å². The van der Waals surface area contributed by atoms with Crippen molar-refractivity contribution < 1.29 is 4.79 Å². The van der Waals surface area contributed by atoms with Gasteiger partial charge in [0.25, 0.3) is 0 Å². The molecular weight excluding hydrogens is 144 g/mol. The van der Waals surface area contributed by atoms with Crippen LogP contribution in [0.15, 0.2) is 29.6 Å². The van der Waals surface area contributed by atoms with Crippen molar-refractivity contribution in [2.45, 2.75) is 0 Å². The van der Waals surface area contributed by atoms with Gasteiger partial charge in [0, 0.05) is 22.9 Å². The molecule has 5 nitrogen and oxygen atoms in total. The Balaban J connectivity index is 2.94. The molecule has 0 saturated heterocycles. The minimum atomic E-state index is -0.588. The molecule has 0 radical (unpaired) electrons. The lowest BCUT2D eigenvalue weighted by Crippen LogP contribution is -1.91. The first-order valence-electron chi connectivity index (χ1n) is 2.84. The first-order chi connectivity index (χ1) is 5.34. The number of carbonyl (C=O) groups is 1. The molecule has 0 fully saturated rings. The summed E-state index contributed by atoms with van der Waals surface area (Å²) in [5.74, 6) is -0.588. The van der Waals surface area contributed by atoms with E-state index in [4.69, 9.17) is 5.53 Å². The van der Waals surface area contributed by atoms with Gasteiger partial charge in [-0.05, 0) is 22.8 Å². The minimum Gasteiger partial charge on any atom is -0.287 e. The molecule has 0 unspecified atom stereocenters. The van der Waals surface area contributed by atoms with Gasteiger partial charge >= 0.3 is 0 Å². The van der Waals surface area contributed by atoms with E-state index in [0.717, 1.165) is 0 Å². The third-order valence-electron chi connectivity index (χ3n) is 1.06. The number of carbonyl (C=O) groups excluding carboxylic acids is 1. The van der Waals surface area contributed by atoms with E-state index in [9.17, 15) is 4.79 Å². The average Bonchev–Trinajstić information content (AvgIpc) is 2.07. The van der Waals surface area contributed by atoms with Crippen LogP contribution in [0.1, 0.15) is 10.4 Å². The molecule has 1 amide bonds. The summed E-state index contributed by atoms with van der Waals surface area (Å²) >= 11 is 0. The second-order valence-electron chi connectivity index (χ2n) is 1.73. The number of hydrogen-bond acceptors (Lipinski definition) is 2. The van der Waals surface area contributed by atoms with Gasteiger partial charge in [0.1, 0.15) is 0 Å². The summed E-state index contributed by atoms with van der Waals surface area (Å²) in [5, 5.41) is 2.91. The molecule has 0 saturated carbocycles. The number of nitrogens with zero attached hydrogens (tertiary/aromatic N) is 4. The maximum atomic E-state index is 10.8. The summed E-state index contributed by atoms with van der Waals surface area (Å²) in [6.45, 7) is 0. The van der Waals surface area contributed by atoms with E-state index >= 15 is 0 Å². The van der Waals surface area contributed by atoms with Crippen LogP contribution in [-0.2, 0) is 0 Å². The van der Waals surface area contributed by atoms with Crippen molar-refractivity contribution in [1.29, 1.82) is 0 Å². The normalized spacial score (nSPS) is 8.36. The zero-order valence-corrected chi connectivity index (χ0v) is 5.51. The molecule has 11 heavy (non-hydrogen) atoms. The number of hydrogen-bond donors (Lipinski definition) is 0. The van der Waals surface area contributed by atoms with Crippen molar-refractivity contribution in [3.05, 3.63) is 40.5 Å². The zero-order chi connectivity index (χ0) is 8.10. The Labute approximate surface area is 62.3 Å². The Morgan fingerprint density at radius 1 is 1.55 bits per heavy atom. The van der Waals surface area contributed by atoms with Crippen LogP contribution in [0, 0.1) is 0 Å². The van der Waals surface area contributed by atoms with Gasteiger partial charge in [0.15, 0.2) is 0 Å². The van der Waals surface area contributed by atoms with E-state index in [0.29, 0.717) is 5.56 Å². The van der Waals surface area contributed by atoms with Crippen molar-refractivity contribution in [2.75, 3.05) is 0 Å². The van der Waals surface area contributed by atoms with Crippen LogP contribution < -0.4 is 0 Å². The largest absolute Gasteiger partial charge is 0.287 e. The molecule has 54 valence electrons. The first-order valence-corrected chi connectivity index (χ1v) is 2.84. The molecule has 0 spiro atoms. The quantitative estimate of drug-likeness (QED) is 0.344. The molecule has 5 heteroatoms. The third kappa shape index (κ3) is 1.77. The third-order valence-corrected chi connectivity index (χ3v) is 1.06. The van der Waals surface area contributed by atoms with Crippen LogP contribution in [0.4, 0.5) is 0 Å². The van der Waals surface area contributed by atoms with Gasteiger partial charge in [-0.25, -0.2) is 0 Å². The van der Waals surface area contributed by atoms with Crippen LogP contribution in [0.3, 0.4) is 0 Å². The molecule has 0 aliphatic carbocycles. The van der Waals surface area contributed by atoms with Gasteiger partial charge in [0.2, 0.25) is 5.91 Å². The minimum absolute atomic E-state index is 0.345. The fourth-order valence-corrected chi connectivity index (χ4v) is 0.593. The Morgan fingerprint density at radius 2 is 2.18 bits per heavy atom. The Morgan fingerprint density at radius 3 is 2.73 bits per heavy atom. The average molecular weight is 148 g/mol. The summed E-state index contributed by atoms with van der Waals surface area (Å²) in [6.07, 6.45) is 2.92. The van der Waals surface area contributed by atoms with Crippen LogP contribution in [-0.4, -0.2) is 10.9 Å². The SMILES string of the molecule is [N-]=[N+]=NC(=O)c1ccncc1. The van der Waals surface area contributed by atoms with E-state index in [1.54, 1.807) is 0 Å². The van der Waals surface area contributed by atoms with E-state index in [1.165, 1.54) is 24.5 Å². The Hall–Kier alpha value is -1.87. The number of azide groups is 1. The zero-order valence-electron chi connectivity index (χ0n) is 5.51. The lowest BCUT2D eigenvalue weighted by atomic mass is 10.3. The summed E-state index contributed by atoms with van der Waals surface area (Å²) in [4.78, 5) is 16.9.